The number of carboxylic acids is 2. The minimum atomic E-state index is -1.66. The number of aliphatic carboxylic acids is 2. The van der Waals surface area contributed by atoms with Crippen LogP contribution in [0.25, 0.3) is 0 Å². The molecule has 4 atom stereocenters. The minimum absolute atomic E-state index is 0.0627. The van der Waals surface area contributed by atoms with Crippen LogP contribution in [0.15, 0.2) is 4.99 Å². The molecule has 3 amide bonds. The topological polar surface area (TPSA) is 252 Å². The van der Waals surface area contributed by atoms with Crippen molar-refractivity contribution in [3.8, 4) is 0 Å². The maximum atomic E-state index is 12.5. The summed E-state index contributed by atoms with van der Waals surface area (Å²) in [5.74, 6) is -5.18. The van der Waals surface area contributed by atoms with E-state index in [0.29, 0.717) is 13.0 Å². The molecular formula is C19H35N7O7. The zero-order valence-electron chi connectivity index (χ0n) is 19.0. The van der Waals surface area contributed by atoms with Crippen molar-refractivity contribution in [3.63, 3.8) is 0 Å². The van der Waals surface area contributed by atoms with Gasteiger partial charge in [0.05, 0.1) is 12.5 Å². The summed E-state index contributed by atoms with van der Waals surface area (Å²) < 4.78 is 0. The molecule has 0 spiro atoms. The second kappa shape index (κ2) is 14.6. The Balaban J connectivity index is 4.99. The molecule has 0 aromatic rings. The predicted molar refractivity (Wildman–Crippen MR) is 119 cm³/mol. The summed E-state index contributed by atoms with van der Waals surface area (Å²) in [4.78, 5) is 63.1. The SMILES string of the molecule is CC(C)CC(NC(=O)C(C)NC(=O)C(N)CCCN=C(N)N)C(=O)NC(CC(=O)O)C(=O)O. The number of guanidine groups is 1. The fourth-order valence-electron chi connectivity index (χ4n) is 2.68. The normalized spacial score (nSPS) is 14.3. The minimum Gasteiger partial charge on any atom is -0.481 e. The number of amides is 3. The van der Waals surface area contributed by atoms with Crippen LogP contribution in [0.1, 0.15) is 46.5 Å². The number of carbonyl (C=O) groups excluding carboxylic acids is 3. The van der Waals surface area contributed by atoms with Gasteiger partial charge in [-0.1, -0.05) is 13.8 Å². The van der Waals surface area contributed by atoms with E-state index in [-0.39, 0.29) is 24.7 Å². The third-order valence-electron chi connectivity index (χ3n) is 4.39. The number of aliphatic imine (C=N–C) groups is 1. The summed E-state index contributed by atoms with van der Waals surface area (Å²) in [5, 5.41) is 25.0. The molecule has 0 radical (unpaired) electrons. The van der Waals surface area contributed by atoms with Gasteiger partial charge in [0.1, 0.15) is 18.1 Å². The molecule has 33 heavy (non-hydrogen) atoms. The van der Waals surface area contributed by atoms with Crippen molar-refractivity contribution in [3.05, 3.63) is 0 Å². The van der Waals surface area contributed by atoms with Gasteiger partial charge >= 0.3 is 11.9 Å². The van der Waals surface area contributed by atoms with Gasteiger partial charge in [-0.25, -0.2) is 4.79 Å². The van der Waals surface area contributed by atoms with E-state index in [9.17, 15) is 24.0 Å². The first-order chi connectivity index (χ1) is 15.2. The molecular weight excluding hydrogens is 438 g/mol. The molecule has 0 aliphatic rings. The Bertz CT molecular complexity index is 738. The number of carbonyl (C=O) groups is 5. The first kappa shape index (κ1) is 29.6. The largest absolute Gasteiger partial charge is 0.481 e. The highest BCUT2D eigenvalue weighted by molar-refractivity contribution is 5.94. The van der Waals surface area contributed by atoms with Gasteiger partial charge in [0.15, 0.2) is 5.96 Å². The molecule has 0 heterocycles. The Morgan fingerprint density at radius 1 is 0.879 bits per heavy atom. The van der Waals surface area contributed by atoms with Crippen LogP contribution in [-0.4, -0.2) is 76.5 Å². The molecule has 0 aromatic carbocycles. The van der Waals surface area contributed by atoms with Gasteiger partial charge in [0.25, 0.3) is 0 Å². The predicted octanol–water partition coefficient (Wildman–Crippen LogP) is -2.55. The van der Waals surface area contributed by atoms with Crippen LogP contribution in [0, 0.1) is 5.92 Å². The molecule has 0 aliphatic carbocycles. The van der Waals surface area contributed by atoms with Crippen molar-refractivity contribution >= 4 is 35.6 Å². The van der Waals surface area contributed by atoms with Crippen LogP contribution in [0.4, 0.5) is 0 Å². The lowest BCUT2D eigenvalue weighted by Crippen LogP contribution is -2.56. The van der Waals surface area contributed by atoms with Gasteiger partial charge in [-0.3, -0.25) is 24.2 Å². The molecule has 11 N–H and O–H groups in total. The molecule has 188 valence electrons. The lowest BCUT2D eigenvalue weighted by Gasteiger charge is -2.24. The Morgan fingerprint density at radius 2 is 1.45 bits per heavy atom. The van der Waals surface area contributed by atoms with E-state index < -0.39 is 60.2 Å². The van der Waals surface area contributed by atoms with Crippen LogP contribution < -0.4 is 33.2 Å². The molecule has 14 heteroatoms. The molecule has 0 saturated heterocycles. The monoisotopic (exact) mass is 473 g/mol. The van der Waals surface area contributed by atoms with Gasteiger partial charge < -0.3 is 43.4 Å². The highest BCUT2D eigenvalue weighted by atomic mass is 16.4. The van der Waals surface area contributed by atoms with Gasteiger partial charge in [-0.15, -0.1) is 0 Å². The Morgan fingerprint density at radius 3 is 1.94 bits per heavy atom. The Kier molecular flexibility index (Phi) is 13.1. The average Bonchev–Trinajstić information content (AvgIpc) is 2.68. The highest BCUT2D eigenvalue weighted by Crippen LogP contribution is 2.07. The highest BCUT2D eigenvalue weighted by Gasteiger charge is 2.30. The van der Waals surface area contributed by atoms with E-state index in [1.54, 1.807) is 13.8 Å². The molecule has 0 rings (SSSR count). The quantitative estimate of drug-likeness (QED) is 0.0701. The summed E-state index contributed by atoms with van der Waals surface area (Å²) in [6.45, 7) is 5.26. The van der Waals surface area contributed by atoms with E-state index in [4.69, 9.17) is 27.4 Å². The number of rotatable bonds is 15. The zero-order valence-corrected chi connectivity index (χ0v) is 19.0. The smallest absolute Gasteiger partial charge is 0.326 e. The van der Waals surface area contributed by atoms with Crippen molar-refractivity contribution in [2.75, 3.05) is 6.54 Å². The fourth-order valence-corrected chi connectivity index (χ4v) is 2.68. The molecule has 0 aromatic heterocycles. The van der Waals surface area contributed by atoms with E-state index in [2.05, 4.69) is 20.9 Å². The van der Waals surface area contributed by atoms with Crippen molar-refractivity contribution in [2.45, 2.75) is 70.6 Å². The lowest BCUT2D eigenvalue weighted by molar-refractivity contribution is -0.147. The molecule has 0 aliphatic heterocycles. The van der Waals surface area contributed by atoms with Crippen molar-refractivity contribution in [1.29, 1.82) is 0 Å². The third kappa shape index (κ3) is 12.9. The van der Waals surface area contributed by atoms with Crippen LogP contribution in [0.3, 0.4) is 0 Å². The maximum absolute atomic E-state index is 12.5. The van der Waals surface area contributed by atoms with Crippen molar-refractivity contribution < 1.29 is 34.2 Å². The summed E-state index contributed by atoms with van der Waals surface area (Å²) in [6, 6.07) is -4.74. The van der Waals surface area contributed by atoms with Crippen LogP contribution in [0.5, 0.6) is 0 Å². The van der Waals surface area contributed by atoms with Gasteiger partial charge in [-0.05, 0) is 32.1 Å². The lowest BCUT2D eigenvalue weighted by atomic mass is 10.0. The van der Waals surface area contributed by atoms with E-state index in [1.165, 1.54) is 6.92 Å². The Hall–Kier alpha value is -3.42. The number of carboxylic acid groups (broad SMARTS) is 2. The number of hydrogen-bond acceptors (Lipinski definition) is 7. The molecule has 14 nitrogen and oxygen atoms in total. The summed E-state index contributed by atoms with van der Waals surface area (Å²) >= 11 is 0. The van der Waals surface area contributed by atoms with E-state index in [1.807, 2.05) is 0 Å². The molecule has 0 fully saturated rings. The number of nitrogens with one attached hydrogen (secondary N) is 3. The molecule has 4 unspecified atom stereocenters. The van der Waals surface area contributed by atoms with Crippen molar-refractivity contribution in [1.82, 2.24) is 16.0 Å². The van der Waals surface area contributed by atoms with E-state index >= 15 is 0 Å². The van der Waals surface area contributed by atoms with Gasteiger partial charge in [0.2, 0.25) is 17.7 Å². The number of nitrogens with two attached hydrogens (primary N) is 3. The Labute approximate surface area is 191 Å². The third-order valence-corrected chi connectivity index (χ3v) is 4.39. The van der Waals surface area contributed by atoms with Crippen LogP contribution in [-0.2, 0) is 24.0 Å². The maximum Gasteiger partial charge on any atom is 0.326 e. The number of nitrogens with zero attached hydrogens (tertiary/aromatic N) is 1. The molecule has 0 saturated carbocycles. The second-order valence-electron chi connectivity index (χ2n) is 7.97. The van der Waals surface area contributed by atoms with Crippen molar-refractivity contribution in [2.24, 2.45) is 28.1 Å². The van der Waals surface area contributed by atoms with Crippen LogP contribution >= 0.6 is 0 Å². The molecule has 0 bridgehead atoms. The summed E-state index contributed by atoms with van der Waals surface area (Å²) in [7, 11) is 0. The zero-order chi connectivity index (χ0) is 25.7. The first-order valence-corrected chi connectivity index (χ1v) is 10.4. The summed E-state index contributed by atoms with van der Waals surface area (Å²) in [6.07, 6.45) is 0.0547. The first-order valence-electron chi connectivity index (χ1n) is 10.4. The van der Waals surface area contributed by atoms with E-state index in [0.717, 1.165) is 0 Å². The van der Waals surface area contributed by atoms with Gasteiger partial charge in [-0.2, -0.15) is 0 Å². The second-order valence-corrected chi connectivity index (χ2v) is 7.97. The van der Waals surface area contributed by atoms with Gasteiger partial charge in [0, 0.05) is 6.54 Å². The standard InChI is InChI=1S/C19H35N7O7/c1-9(2)7-12(17(31)26-13(18(32)33)8-14(27)28)25-15(29)10(3)24-16(30)11(20)5-4-6-23-19(21)22/h9-13H,4-8,20H2,1-3H3,(H,24,30)(H,25,29)(H,26,31)(H,27,28)(H,32,33)(H4,21,22,23). The number of hydrogen-bond donors (Lipinski definition) is 8. The van der Waals surface area contributed by atoms with Crippen LogP contribution in [0.2, 0.25) is 0 Å². The fraction of sp³-hybridized carbons (Fsp3) is 0.684. The average molecular weight is 474 g/mol. The summed E-state index contributed by atoms with van der Waals surface area (Å²) in [5.41, 5.74) is 16.2.